The van der Waals surface area contributed by atoms with E-state index in [-0.39, 0.29) is 24.3 Å². The van der Waals surface area contributed by atoms with Gasteiger partial charge in [0.2, 0.25) is 0 Å². The highest BCUT2D eigenvalue weighted by molar-refractivity contribution is 5.75. The van der Waals surface area contributed by atoms with Crippen LogP contribution in [-0.2, 0) is 11.3 Å². The highest BCUT2D eigenvalue weighted by atomic mass is 19.1. The minimum absolute atomic E-state index is 0.193. The van der Waals surface area contributed by atoms with Crippen LogP contribution in [0.25, 0.3) is 0 Å². The van der Waals surface area contributed by atoms with E-state index in [2.05, 4.69) is 0 Å². The van der Waals surface area contributed by atoms with Crippen LogP contribution >= 0.6 is 0 Å². The molecule has 1 N–H and O–H groups in total. The smallest absolute Gasteiger partial charge is 0.320 e. The fraction of sp³-hybridized carbons (Fsp3) is 0.467. The number of carboxylic acids is 1. The van der Waals surface area contributed by atoms with Crippen molar-refractivity contribution in [2.75, 3.05) is 20.1 Å². The maximum Gasteiger partial charge on any atom is 0.320 e. The molecular weight excluding hydrogens is 275 g/mol. The number of hydrogen-bond acceptors (Lipinski definition) is 2. The van der Waals surface area contributed by atoms with E-state index in [1.807, 2.05) is 0 Å². The number of aliphatic carboxylic acids is 1. The number of piperidine rings is 1. The second-order valence-corrected chi connectivity index (χ2v) is 5.33. The van der Waals surface area contributed by atoms with E-state index >= 15 is 0 Å². The molecule has 2 rings (SSSR count). The number of urea groups is 1. The largest absolute Gasteiger partial charge is 0.481 e. The number of carbonyl (C=O) groups excluding carboxylic acids is 1. The van der Waals surface area contributed by atoms with Gasteiger partial charge >= 0.3 is 12.0 Å². The molecule has 0 bridgehead atoms. The number of halogens is 1. The van der Waals surface area contributed by atoms with Gasteiger partial charge in [0.1, 0.15) is 5.82 Å². The summed E-state index contributed by atoms with van der Waals surface area (Å²) in [6, 6.07) is 6.16. The van der Waals surface area contributed by atoms with Gasteiger partial charge in [-0.15, -0.1) is 0 Å². The molecule has 1 fully saturated rings. The van der Waals surface area contributed by atoms with Gasteiger partial charge in [-0.25, -0.2) is 9.18 Å². The lowest BCUT2D eigenvalue weighted by Crippen LogP contribution is -2.46. The summed E-state index contributed by atoms with van der Waals surface area (Å²) >= 11 is 0. The van der Waals surface area contributed by atoms with Crippen molar-refractivity contribution in [2.45, 2.75) is 19.4 Å². The summed E-state index contributed by atoms with van der Waals surface area (Å²) in [6.07, 6.45) is 0.934. The number of rotatable bonds is 3. The molecule has 0 aromatic heterocycles. The number of nitrogens with zero attached hydrogens (tertiary/aromatic N) is 2. The van der Waals surface area contributed by atoms with E-state index in [0.717, 1.165) is 0 Å². The van der Waals surface area contributed by atoms with Crippen LogP contribution in [0, 0.1) is 11.7 Å². The number of likely N-dealkylation sites (tertiary alicyclic amines) is 1. The molecule has 0 unspecified atom stereocenters. The Morgan fingerprint density at radius 3 is 2.52 bits per heavy atom. The van der Waals surface area contributed by atoms with Crippen molar-refractivity contribution in [1.29, 1.82) is 0 Å². The maximum atomic E-state index is 13.6. The first-order valence-electron chi connectivity index (χ1n) is 6.95. The average molecular weight is 294 g/mol. The lowest BCUT2D eigenvalue weighted by Gasteiger charge is -2.33. The lowest BCUT2D eigenvalue weighted by atomic mass is 9.97. The Labute approximate surface area is 123 Å². The second-order valence-electron chi connectivity index (χ2n) is 5.33. The minimum atomic E-state index is -0.804. The average Bonchev–Trinajstić information content (AvgIpc) is 2.49. The molecule has 21 heavy (non-hydrogen) atoms. The lowest BCUT2D eigenvalue weighted by molar-refractivity contribution is -0.143. The number of benzene rings is 1. The molecule has 114 valence electrons. The Morgan fingerprint density at radius 1 is 1.33 bits per heavy atom. The second kappa shape index (κ2) is 6.56. The molecule has 5 nitrogen and oxygen atoms in total. The zero-order valence-electron chi connectivity index (χ0n) is 12.0. The van der Waals surface area contributed by atoms with Crippen molar-refractivity contribution < 1.29 is 19.1 Å². The summed E-state index contributed by atoms with van der Waals surface area (Å²) < 4.78 is 13.6. The molecule has 1 aliphatic heterocycles. The summed E-state index contributed by atoms with van der Waals surface area (Å²) in [5.74, 6) is -1.51. The zero-order valence-corrected chi connectivity index (χ0v) is 12.0. The van der Waals surface area contributed by atoms with Crippen molar-refractivity contribution in [3.63, 3.8) is 0 Å². The highest BCUT2D eigenvalue weighted by Gasteiger charge is 2.28. The van der Waals surface area contributed by atoms with Crippen molar-refractivity contribution in [3.8, 4) is 0 Å². The third-order valence-corrected chi connectivity index (χ3v) is 3.81. The fourth-order valence-electron chi connectivity index (χ4n) is 2.51. The summed E-state index contributed by atoms with van der Waals surface area (Å²) in [6.45, 7) is 1.05. The summed E-state index contributed by atoms with van der Waals surface area (Å²) in [7, 11) is 1.62. The molecule has 1 aromatic carbocycles. The van der Waals surface area contributed by atoms with Gasteiger partial charge in [0.15, 0.2) is 0 Å². The fourth-order valence-corrected chi connectivity index (χ4v) is 2.51. The standard InChI is InChI=1S/C15H19FN2O3/c1-17(10-12-4-2-3-5-13(12)16)15(21)18-8-6-11(7-9-18)14(19)20/h2-5,11H,6-10H2,1H3,(H,19,20). The van der Waals surface area contributed by atoms with Gasteiger partial charge in [-0.1, -0.05) is 18.2 Å². The first kappa shape index (κ1) is 15.3. The molecule has 0 aliphatic carbocycles. The van der Waals surface area contributed by atoms with E-state index in [4.69, 9.17) is 5.11 Å². The van der Waals surface area contributed by atoms with Gasteiger partial charge in [0.05, 0.1) is 5.92 Å². The van der Waals surface area contributed by atoms with Gasteiger partial charge in [-0.2, -0.15) is 0 Å². The van der Waals surface area contributed by atoms with Gasteiger partial charge < -0.3 is 14.9 Å². The molecule has 0 radical (unpaired) electrons. The van der Waals surface area contributed by atoms with Crippen LogP contribution in [0.4, 0.5) is 9.18 Å². The molecule has 1 aliphatic rings. The maximum absolute atomic E-state index is 13.6. The summed E-state index contributed by atoms with van der Waals surface area (Å²) in [4.78, 5) is 26.2. The molecule has 0 spiro atoms. The van der Waals surface area contributed by atoms with Crippen molar-refractivity contribution in [1.82, 2.24) is 9.80 Å². The van der Waals surface area contributed by atoms with Crippen LogP contribution in [0.5, 0.6) is 0 Å². The first-order chi connectivity index (χ1) is 9.99. The van der Waals surface area contributed by atoms with E-state index in [0.29, 0.717) is 31.5 Å². The van der Waals surface area contributed by atoms with Crippen LogP contribution in [0.1, 0.15) is 18.4 Å². The predicted molar refractivity (Wildman–Crippen MR) is 75.2 cm³/mol. The Bertz CT molecular complexity index is 527. The van der Waals surface area contributed by atoms with E-state index in [9.17, 15) is 14.0 Å². The molecule has 2 amide bonds. The Morgan fingerprint density at radius 2 is 1.95 bits per heavy atom. The van der Waals surface area contributed by atoms with E-state index < -0.39 is 5.97 Å². The molecule has 1 saturated heterocycles. The number of carboxylic acid groups (broad SMARTS) is 1. The quantitative estimate of drug-likeness (QED) is 0.929. The van der Waals surface area contributed by atoms with Crippen LogP contribution in [0.2, 0.25) is 0 Å². The highest BCUT2D eigenvalue weighted by Crippen LogP contribution is 2.19. The van der Waals surface area contributed by atoms with Gasteiger partial charge in [-0.05, 0) is 18.9 Å². The van der Waals surface area contributed by atoms with Crippen LogP contribution < -0.4 is 0 Å². The van der Waals surface area contributed by atoms with Crippen LogP contribution in [0.15, 0.2) is 24.3 Å². The predicted octanol–water partition coefficient (Wildman–Crippen LogP) is 2.17. The third-order valence-electron chi connectivity index (χ3n) is 3.81. The number of amides is 2. The van der Waals surface area contributed by atoms with Crippen LogP contribution in [-0.4, -0.2) is 47.0 Å². The van der Waals surface area contributed by atoms with E-state index in [1.54, 1.807) is 30.1 Å². The third kappa shape index (κ3) is 3.71. The topological polar surface area (TPSA) is 60.9 Å². The Kier molecular flexibility index (Phi) is 4.77. The Balaban J connectivity index is 1.92. The van der Waals surface area contributed by atoms with Gasteiger partial charge in [-0.3, -0.25) is 4.79 Å². The van der Waals surface area contributed by atoms with E-state index in [1.165, 1.54) is 11.0 Å². The molecule has 1 heterocycles. The zero-order chi connectivity index (χ0) is 15.4. The molecule has 1 aromatic rings. The molecular formula is C15H19FN2O3. The van der Waals surface area contributed by atoms with Crippen molar-refractivity contribution in [2.24, 2.45) is 5.92 Å². The summed E-state index contributed by atoms with van der Waals surface area (Å²) in [5, 5.41) is 8.94. The van der Waals surface area contributed by atoms with Crippen LogP contribution in [0.3, 0.4) is 0 Å². The monoisotopic (exact) mass is 294 g/mol. The van der Waals surface area contributed by atoms with Gasteiger partial charge in [0, 0.05) is 32.2 Å². The summed E-state index contributed by atoms with van der Waals surface area (Å²) in [5.41, 5.74) is 0.466. The molecule has 6 heteroatoms. The molecule has 0 atom stereocenters. The number of carbonyl (C=O) groups is 2. The van der Waals surface area contributed by atoms with Crippen molar-refractivity contribution in [3.05, 3.63) is 35.6 Å². The Hall–Kier alpha value is -2.11. The SMILES string of the molecule is CN(Cc1ccccc1F)C(=O)N1CCC(C(=O)O)CC1. The molecule has 0 saturated carbocycles. The normalized spacial score (nSPS) is 15.8. The minimum Gasteiger partial charge on any atom is -0.481 e. The first-order valence-corrected chi connectivity index (χ1v) is 6.95. The van der Waals surface area contributed by atoms with Gasteiger partial charge in [0.25, 0.3) is 0 Å². The van der Waals surface area contributed by atoms with Crippen molar-refractivity contribution >= 4 is 12.0 Å². The number of hydrogen-bond donors (Lipinski definition) is 1.